The van der Waals surface area contributed by atoms with Gasteiger partial charge in [-0.2, -0.15) is 4.31 Å². The molecule has 5 atom stereocenters. The van der Waals surface area contributed by atoms with Gasteiger partial charge in [-0.05, 0) is 55.4 Å². The Labute approximate surface area is 230 Å². The minimum absolute atomic E-state index is 0.00158. The normalized spacial score (nSPS) is 30.1. The summed E-state index contributed by atoms with van der Waals surface area (Å²) in [5.41, 5.74) is 2.82. The largest absolute Gasteiger partial charge is 0.299 e. The second-order valence-electron chi connectivity index (χ2n) is 11.8. The Kier molecular flexibility index (Phi) is 6.74. The van der Waals surface area contributed by atoms with Crippen LogP contribution in [-0.4, -0.2) is 47.8 Å². The third kappa shape index (κ3) is 4.27. The van der Waals surface area contributed by atoms with E-state index in [-0.39, 0.29) is 41.5 Å². The lowest BCUT2D eigenvalue weighted by Gasteiger charge is -2.34. The number of sulfonamides is 1. The van der Waals surface area contributed by atoms with E-state index in [0.29, 0.717) is 0 Å². The molecule has 2 saturated heterocycles. The molecule has 2 saturated carbocycles. The standard InChI is InChI=1S/C31H36N2O5S/c1-3-20-11-13-21(14-12-20)29-28-25(18-32(29)39(37,38)23-15-9-19(2)10-16-23)27-24(17-26(28)34)30(35)33(31(27)36)22-7-5-4-6-8-22/h9-16,22,24-25,27-29H,3-8,17-18H2,1-2H3/t24-,25-,27-,28-,29-/m0/s1. The molecule has 2 heterocycles. The van der Waals surface area contributed by atoms with Gasteiger partial charge in [0.15, 0.2) is 0 Å². The molecule has 206 valence electrons. The quantitative estimate of drug-likeness (QED) is 0.515. The maximum absolute atomic E-state index is 14.1. The van der Waals surface area contributed by atoms with Crippen molar-refractivity contribution in [3.8, 4) is 0 Å². The van der Waals surface area contributed by atoms with E-state index in [1.54, 1.807) is 24.3 Å². The Morgan fingerprint density at radius 3 is 2.15 bits per heavy atom. The van der Waals surface area contributed by atoms with Crippen molar-refractivity contribution < 1.29 is 22.8 Å². The van der Waals surface area contributed by atoms with E-state index >= 15 is 0 Å². The van der Waals surface area contributed by atoms with Crippen LogP contribution in [-0.2, 0) is 30.8 Å². The predicted octanol–water partition coefficient (Wildman–Crippen LogP) is 4.44. The summed E-state index contributed by atoms with van der Waals surface area (Å²) < 4.78 is 29.6. The van der Waals surface area contributed by atoms with Gasteiger partial charge in [0.25, 0.3) is 0 Å². The highest BCUT2D eigenvalue weighted by Gasteiger charge is 2.64. The molecule has 4 aliphatic rings. The molecule has 2 amide bonds. The summed E-state index contributed by atoms with van der Waals surface area (Å²) in [6.45, 7) is 4.00. The van der Waals surface area contributed by atoms with Gasteiger partial charge >= 0.3 is 0 Å². The first kappa shape index (κ1) is 26.4. The summed E-state index contributed by atoms with van der Waals surface area (Å²) in [5.74, 6) is -3.07. The SMILES string of the molecule is CCc1ccc([C@H]2[C@@H]3C(=O)C[C@@H]4C(=O)N(C5CCCCC5)C(=O)[C@@H]4[C@@H]3CN2S(=O)(=O)c2ccc(C)cc2)cc1. The van der Waals surface area contributed by atoms with Crippen LogP contribution in [0.2, 0.25) is 0 Å². The summed E-state index contributed by atoms with van der Waals surface area (Å²) in [6.07, 6.45) is 5.53. The van der Waals surface area contributed by atoms with Crippen molar-refractivity contribution >= 4 is 27.6 Å². The van der Waals surface area contributed by atoms with Crippen molar-refractivity contribution in [2.45, 2.75) is 75.8 Å². The maximum atomic E-state index is 14.1. The fraction of sp³-hybridized carbons (Fsp3) is 0.516. The predicted molar refractivity (Wildman–Crippen MR) is 146 cm³/mol. The van der Waals surface area contributed by atoms with Crippen molar-refractivity contribution in [2.24, 2.45) is 23.7 Å². The van der Waals surface area contributed by atoms with Gasteiger partial charge in [0.2, 0.25) is 21.8 Å². The zero-order chi connectivity index (χ0) is 27.5. The lowest BCUT2D eigenvalue weighted by Crippen LogP contribution is -2.43. The van der Waals surface area contributed by atoms with Crippen molar-refractivity contribution in [3.63, 3.8) is 0 Å². The molecule has 39 heavy (non-hydrogen) atoms. The number of carbonyl (C=O) groups excluding carboxylic acids is 3. The van der Waals surface area contributed by atoms with Crippen molar-refractivity contribution in [1.29, 1.82) is 0 Å². The van der Waals surface area contributed by atoms with Gasteiger partial charge < -0.3 is 0 Å². The Hall–Kier alpha value is -2.84. The van der Waals surface area contributed by atoms with Crippen molar-refractivity contribution in [2.75, 3.05) is 6.54 Å². The van der Waals surface area contributed by atoms with E-state index < -0.39 is 39.7 Å². The number of Topliss-reactive ketones (excluding diaryl/α,β-unsaturated/α-hetero) is 1. The summed E-state index contributed by atoms with van der Waals surface area (Å²) in [4.78, 5) is 42.9. The molecule has 0 unspecified atom stereocenters. The van der Waals surface area contributed by atoms with Crippen LogP contribution in [0.3, 0.4) is 0 Å². The van der Waals surface area contributed by atoms with Gasteiger partial charge in [-0.3, -0.25) is 19.3 Å². The molecule has 0 spiro atoms. The fourth-order valence-electron chi connectivity index (χ4n) is 7.54. The monoisotopic (exact) mass is 548 g/mol. The number of nitrogens with zero attached hydrogens (tertiary/aromatic N) is 2. The molecule has 0 bridgehead atoms. The Balaban J connectivity index is 1.42. The van der Waals surface area contributed by atoms with Gasteiger partial charge in [-0.25, -0.2) is 8.42 Å². The first-order valence-electron chi connectivity index (χ1n) is 14.3. The number of aryl methyl sites for hydroxylation is 2. The van der Waals surface area contributed by atoms with E-state index in [1.807, 2.05) is 31.2 Å². The summed E-state index contributed by atoms with van der Waals surface area (Å²) in [5, 5.41) is 0. The number of benzene rings is 2. The lowest BCUT2D eigenvalue weighted by atomic mass is 9.66. The number of ketones is 1. The van der Waals surface area contributed by atoms with Gasteiger partial charge in [0, 0.05) is 24.9 Å². The van der Waals surface area contributed by atoms with Gasteiger partial charge in [-0.1, -0.05) is 68.1 Å². The molecular formula is C31H36N2O5S. The smallest absolute Gasteiger partial charge is 0.243 e. The van der Waals surface area contributed by atoms with Crippen molar-refractivity contribution in [3.05, 3.63) is 65.2 Å². The minimum atomic E-state index is -3.97. The molecule has 6 rings (SSSR count). The highest BCUT2D eigenvalue weighted by atomic mass is 32.2. The zero-order valence-electron chi connectivity index (χ0n) is 22.6. The van der Waals surface area contributed by atoms with Crippen LogP contribution in [0, 0.1) is 30.6 Å². The highest BCUT2D eigenvalue weighted by Crippen LogP contribution is 2.55. The van der Waals surface area contributed by atoms with Crippen LogP contribution >= 0.6 is 0 Å². The number of rotatable bonds is 5. The highest BCUT2D eigenvalue weighted by molar-refractivity contribution is 7.89. The first-order chi connectivity index (χ1) is 18.7. The molecular weight excluding hydrogens is 512 g/mol. The van der Waals surface area contributed by atoms with E-state index in [0.717, 1.165) is 55.2 Å². The summed E-state index contributed by atoms with van der Waals surface area (Å²) in [6, 6.07) is 13.7. The van der Waals surface area contributed by atoms with E-state index in [9.17, 15) is 22.8 Å². The number of likely N-dealkylation sites (tertiary alicyclic amines) is 1. The molecule has 0 aromatic heterocycles. The molecule has 4 fully saturated rings. The molecule has 2 aliphatic carbocycles. The number of imide groups is 1. The summed E-state index contributed by atoms with van der Waals surface area (Å²) >= 11 is 0. The molecule has 2 aromatic carbocycles. The Morgan fingerprint density at radius 2 is 1.51 bits per heavy atom. The van der Waals surface area contributed by atoms with E-state index in [2.05, 4.69) is 6.92 Å². The van der Waals surface area contributed by atoms with Crippen LogP contribution in [0.25, 0.3) is 0 Å². The van der Waals surface area contributed by atoms with Gasteiger partial charge in [-0.15, -0.1) is 0 Å². The molecule has 2 aromatic rings. The maximum Gasteiger partial charge on any atom is 0.243 e. The van der Waals surface area contributed by atoms with Crippen LogP contribution in [0.1, 0.15) is 68.2 Å². The van der Waals surface area contributed by atoms with Gasteiger partial charge in [0.1, 0.15) is 5.78 Å². The lowest BCUT2D eigenvalue weighted by molar-refractivity contribution is -0.143. The Bertz CT molecular complexity index is 1400. The van der Waals surface area contributed by atoms with E-state index in [4.69, 9.17) is 0 Å². The topological polar surface area (TPSA) is 91.8 Å². The van der Waals surface area contributed by atoms with Gasteiger partial charge in [0.05, 0.1) is 22.8 Å². The third-order valence-corrected chi connectivity index (χ3v) is 11.4. The number of hydrogen-bond acceptors (Lipinski definition) is 5. The molecule has 0 N–H and O–H groups in total. The third-order valence-electron chi connectivity index (χ3n) is 9.56. The molecule has 0 radical (unpaired) electrons. The van der Waals surface area contributed by atoms with Crippen LogP contribution in [0.4, 0.5) is 0 Å². The molecule has 8 heteroatoms. The number of hydrogen-bond donors (Lipinski definition) is 0. The summed E-state index contributed by atoms with van der Waals surface area (Å²) in [7, 11) is -3.97. The number of carbonyl (C=O) groups is 3. The van der Waals surface area contributed by atoms with Crippen LogP contribution < -0.4 is 0 Å². The minimum Gasteiger partial charge on any atom is -0.299 e. The van der Waals surface area contributed by atoms with E-state index in [1.165, 1.54) is 9.21 Å². The second-order valence-corrected chi connectivity index (χ2v) is 13.6. The second kappa shape index (κ2) is 9.97. The van der Waals surface area contributed by atoms with Crippen molar-refractivity contribution in [1.82, 2.24) is 9.21 Å². The number of fused-ring (bicyclic) bond motifs is 3. The molecule has 7 nitrogen and oxygen atoms in total. The average molecular weight is 549 g/mol. The zero-order valence-corrected chi connectivity index (χ0v) is 23.4. The Morgan fingerprint density at radius 1 is 0.846 bits per heavy atom. The van der Waals surface area contributed by atoms with Crippen LogP contribution in [0.5, 0.6) is 0 Å². The van der Waals surface area contributed by atoms with Crippen LogP contribution in [0.15, 0.2) is 53.4 Å². The molecule has 2 aliphatic heterocycles. The first-order valence-corrected chi connectivity index (χ1v) is 15.7. The number of amides is 2. The fourth-order valence-corrected chi connectivity index (χ4v) is 9.21. The average Bonchev–Trinajstić information content (AvgIpc) is 3.46.